The van der Waals surface area contributed by atoms with Gasteiger partial charge in [-0.2, -0.15) is 0 Å². The molecule has 0 radical (unpaired) electrons. The van der Waals surface area contributed by atoms with Crippen LogP contribution in [0, 0.1) is 0 Å². The van der Waals surface area contributed by atoms with Gasteiger partial charge in [-0.1, -0.05) is 19.8 Å². The number of guanidine groups is 1. The summed E-state index contributed by atoms with van der Waals surface area (Å²) in [6.45, 7) is 7.51. The topological polar surface area (TPSA) is 53.6 Å². The van der Waals surface area contributed by atoms with Crippen LogP contribution < -0.4 is 11.3 Å². The number of nitrogens with zero attached hydrogens (tertiary/aromatic N) is 2. The predicted octanol–water partition coefficient (Wildman–Crippen LogP) is 1.34. The average Bonchev–Trinajstić information content (AvgIpc) is 2.17. The molecule has 0 aliphatic rings. The fraction of sp³-hybridized carbons (Fsp3) is 0.900. The predicted molar refractivity (Wildman–Crippen MR) is 62.0 cm³/mol. The molecular formula is C10H24N4. The number of hydrazine groups is 1. The first kappa shape index (κ1) is 13.2. The van der Waals surface area contributed by atoms with Crippen molar-refractivity contribution < 1.29 is 0 Å². The van der Waals surface area contributed by atoms with Crippen LogP contribution in [0.3, 0.4) is 0 Å². The lowest BCUT2D eigenvalue weighted by atomic mass is 10.2. The molecule has 0 aromatic heterocycles. The van der Waals surface area contributed by atoms with Crippen LogP contribution in [0.4, 0.5) is 0 Å². The minimum absolute atomic E-state index is 0.432. The first-order chi connectivity index (χ1) is 6.67. The van der Waals surface area contributed by atoms with E-state index in [1.54, 1.807) is 7.05 Å². The van der Waals surface area contributed by atoms with Gasteiger partial charge in [0.05, 0.1) is 0 Å². The van der Waals surface area contributed by atoms with Crippen LogP contribution in [0.2, 0.25) is 0 Å². The van der Waals surface area contributed by atoms with Gasteiger partial charge in [0, 0.05) is 19.6 Å². The van der Waals surface area contributed by atoms with E-state index in [9.17, 15) is 0 Å². The van der Waals surface area contributed by atoms with Gasteiger partial charge in [0.2, 0.25) is 5.96 Å². The van der Waals surface area contributed by atoms with E-state index in [0.29, 0.717) is 6.04 Å². The lowest BCUT2D eigenvalue weighted by Crippen LogP contribution is -2.48. The molecule has 84 valence electrons. The van der Waals surface area contributed by atoms with E-state index in [-0.39, 0.29) is 0 Å². The van der Waals surface area contributed by atoms with Crippen LogP contribution in [-0.4, -0.2) is 30.5 Å². The molecule has 4 nitrogen and oxygen atoms in total. The molecule has 0 aromatic carbocycles. The largest absolute Gasteiger partial charge is 0.340 e. The van der Waals surface area contributed by atoms with Gasteiger partial charge in [-0.15, -0.1) is 0 Å². The SMILES string of the molecule is CCCCCN(C(=NC)NN)C(C)C. The molecule has 0 heterocycles. The zero-order valence-corrected chi connectivity index (χ0v) is 9.88. The van der Waals surface area contributed by atoms with Gasteiger partial charge >= 0.3 is 0 Å². The fourth-order valence-corrected chi connectivity index (χ4v) is 1.42. The Morgan fingerprint density at radius 3 is 2.43 bits per heavy atom. The van der Waals surface area contributed by atoms with Crippen LogP contribution in [0.15, 0.2) is 4.99 Å². The fourth-order valence-electron chi connectivity index (χ4n) is 1.42. The molecule has 0 rings (SSSR count). The lowest BCUT2D eigenvalue weighted by molar-refractivity contribution is 0.329. The van der Waals surface area contributed by atoms with Gasteiger partial charge in [0.15, 0.2) is 0 Å². The zero-order chi connectivity index (χ0) is 11.0. The van der Waals surface area contributed by atoms with Crippen LogP contribution in [0.5, 0.6) is 0 Å². The molecule has 0 saturated carbocycles. The Bertz CT molecular complexity index is 166. The highest BCUT2D eigenvalue weighted by atomic mass is 15.4. The Labute approximate surface area is 87.5 Å². The molecule has 0 aliphatic carbocycles. The van der Waals surface area contributed by atoms with Gasteiger partial charge in [0.25, 0.3) is 0 Å². The molecule has 0 saturated heterocycles. The molecule has 0 amide bonds. The van der Waals surface area contributed by atoms with Crippen molar-refractivity contribution in [2.75, 3.05) is 13.6 Å². The maximum absolute atomic E-state index is 5.40. The van der Waals surface area contributed by atoms with Crippen molar-refractivity contribution >= 4 is 5.96 Å². The van der Waals surface area contributed by atoms with E-state index in [0.717, 1.165) is 12.5 Å². The van der Waals surface area contributed by atoms with E-state index < -0.39 is 0 Å². The van der Waals surface area contributed by atoms with E-state index in [4.69, 9.17) is 5.84 Å². The van der Waals surface area contributed by atoms with Crippen molar-refractivity contribution in [3.63, 3.8) is 0 Å². The van der Waals surface area contributed by atoms with Crippen molar-refractivity contribution in [1.82, 2.24) is 10.3 Å². The lowest BCUT2D eigenvalue weighted by Gasteiger charge is -2.29. The standard InChI is InChI=1S/C10H24N4/c1-5-6-7-8-14(9(2)3)10(12-4)13-11/h9H,5-8,11H2,1-4H3,(H,12,13). The molecule has 3 N–H and O–H groups in total. The Morgan fingerprint density at radius 2 is 2.07 bits per heavy atom. The van der Waals surface area contributed by atoms with Gasteiger partial charge < -0.3 is 4.90 Å². The highest BCUT2D eigenvalue weighted by Crippen LogP contribution is 2.03. The molecule has 0 fully saturated rings. The Kier molecular flexibility index (Phi) is 7.20. The molecule has 4 heteroatoms. The zero-order valence-electron chi connectivity index (χ0n) is 9.88. The smallest absolute Gasteiger partial charge is 0.208 e. The summed E-state index contributed by atoms with van der Waals surface area (Å²) in [6.07, 6.45) is 3.68. The average molecular weight is 200 g/mol. The van der Waals surface area contributed by atoms with E-state index >= 15 is 0 Å². The van der Waals surface area contributed by atoms with Gasteiger partial charge in [-0.3, -0.25) is 10.4 Å². The van der Waals surface area contributed by atoms with Gasteiger partial charge in [0.1, 0.15) is 0 Å². The van der Waals surface area contributed by atoms with E-state index in [1.165, 1.54) is 19.3 Å². The second-order valence-electron chi connectivity index (χ2n) is 3.69. The number of unbranched alkanes of at least 4 members (excludes halogenated alkanes) is 2. The highest BCUT2D eigenvalue weighted by Gasteiger charge is 2.12. The van der Waals surface area contributed by atoms with Crippen LogP contribution >= 0.6 is 0 Å². The van der Waals surface area contributed by atoms with Gasteiger partial charge in [-0.25, -0.2) is 5.84 Å². The Hall–Kier alpha value is -0.770. The summed E-state index contributed by atoms with van der Waals surface area (Å²) < 4.78 is 0. The first-order valence-electron chi connectivity index (χ1n) is 5.37. The number of aliphatic imine (C=N–C) groups is 1. The van der Waals surface area contributed by atoms with E-state index in [1.807, 2.05) is 0 Å². The summed E-state index contributed by atoms with van der Waals surface area (Å²) in [4.78, 5) is 6.30. The Balaban J connectivity index is 4.14. The summed E-state index contributed by atoms with van der Waals surface area (Å²) in [5, 5.41) is 0. The summed E-state index contributed by atoms with van der Waals surface area (Å²) in [5.74, 6) is 6.18. The molecule has 0 bridgehead atoms. The van der Waals surface area contributed by atoms with Crippen molar-refractivity contribution in [2.45, 2.75) is 46.1 Å². The summed E-state index contributed by atoms with van der Waals surface area (Å²) >= 11 is 0. The second kappa shape index (κ2) is 7.62. The number of hydrogen-bond donors (Lipinski definition) is 2. The molecule has 14 heavy (non-hydrogen) atoms. The molecule has 0 unspecified atom stereocenters. The minimum Gasteiger partial charge on any atom is -0.340 e. The Morgan fingerprint density at radius 1 is 1.43 bits per heavy atom. The number of nitrogens with two attached hydrogens (primary N) is 1. The third-order valence-corrected chi connectivity index (χ3v) is 2.24. The monoisotopic (exact) mass is 200 g/mol. The third kappa shape index (κ3) is 4.46. The number of nitrogens with one attached hydrogen (secondary N) is 1. The van der Waals surface area contributed by atoms with Crippen molar-refractivity contribution in [3.05, 3.63) is 0 Å². The summed E-state index contributed by atoms with van der Waals surface area (Å²) in [7, 11) is 1.75. The number of hydrogen-bond acceptors (Lipinski definition) is 2. The van der Waals surface area contributed by atoms with Crippen LogP contribution in [-0.2, 0) is 0 Å². The maximum atomic E-state index is 5.40. The normalized spacial score (nSPS) is 12.0. The summed E-state index contributed by atoms with van der Waals surface area (Å²) in [5.41, 5.74) is 2.64. The van der Waals surface area contributed by atoms with Crippen molar-refractivity contribution in [3.8, 4) is 0 Å². The van der Waals surface area contributed by atoms with Gasteiger partial charge in [-0.05, 0) is 20.3 Å². The first-order valence-corrected chi connectivity index (χ1v) is 5.37. The summed E-state index contributed by atoms with van der Waals surface area (Å²) in [6, 6.07) is 0.432. The molecule has 0 aromatic rings. The second-order valence-corrected chi connectivity index (χ2v) is 3.69. The van der Waals surface area contributed by atoms with E-state index in [2.05, 4.69) is 36.1 Å². The van der Waals surface area contributed by atoms with Crippen LogP contribution in [0.25, 0.3) is 0 Å². The van der Waals surface area contributed by atoms with Crippen molar-refractivity contribution in [1.29, 1.82) is 0 Å². The van der Waals surface area contributed by atoms with Crippen LogP contribution in [0.1, 0.15) is 40.0 Å². The number of rotatable bonds is 5. The third-order valence-electron chi connectivity index (χ3n) is 2.24. The molecular weight excluding hydrogens is 176 g/mol. The maximum Gasteiger partial charge on any atom is 0.208 e. The molecule has 0 atom stereocenters. The molecule has 0 spiro atoms. The van der Waals surface area contributed by atoms with Crippen molar-refractivity contribution in [2.24, 2.45) is 10.8 Å². The quantitative estimate of drug-likeness (QED) is 0.231. The molecule has 0 aliphatic heterocycles. The minimum atomic E-state index is 0.432. The highest BCUT2D eigenvalue weighted by molar-refractivity contribution is 5.79.